The zero-order chi connectivity index (χ0) is 11.5. The van der Waals surface area contributed by atoms with Crippen molar-refractivity contribution in [1.82, 2.24) is 9.97 Å². The van der Waals surface area contributed by atoms with Crippen LogP contribution in [0.3, 0.4) is 0 Å². The van der Waals surface area contributed by atoms with Gasteiger partial charge in [0.2, 0.25) is 0 Å². The van der Waals surface area contributed by atoms with Gasteiger partial charge in [-0.05, 0) is 12.1 Å². The zero-order valence-corrected chi connectivity index (χ0v) is 9.40. The maximum Gasteiger partial charge on any atom is 0.187 e. The van der Waals surface area contributed by atoms with E-state index in [2.05, 4.69) is 9.97 Å². The van der Waals surface area contributed by atoms with Crippen LogP contribution in [0.5, 0.6) is 5.75 Å². The smallest absolute Gasteiger partial charge is 0.187 e. The number of hydrogen-bond acceptors (Lipinski definition) is 4. The van der Waals surface area contributed by atoms with E-state index in [0.717, 1.165) is 5.56 Å². The van der Waals surface area contributed by atoms with Crippen molar-refractivity contribution < 1.29 is 4.74 Å². The molecular weight excluding hydrogens is 226 g/mol. The summed E-state index contributed by atoms with van der Waals surface area (Å²) in [6.07, 6.45) is 1.40. The van der Waals surface area contributed by atoms with Crippen molar-refractivity contribution >= 4 is 17.4 Å². The van der Waals surface area contributed by atoms with Crippen molar-refractivity contribution in [3.63, 3.8) is 0 Å². The number of benzene rings is 1. The topological polar surface area (TPSA) is 61.0 Å². The number of methoxy groups -OCH3 is 1. The third kappa shape index (κ3) is 1.92. The van der Waals surface area contributed by atoms with Crippen LogP contribution in [0, 0.1) is 0 Å². The fourth-order valence-electron chi connectivity index (χ4n) is 1.40. The molecule has 0 unspecified atom stereocenters. The highest BCUT2D eigenvalue weighted by Crippen LogP contribution is 2.31. The van der Waals surface area contributed by atoms with Crippen LogP contribution < -0.4 is 10.5 Å². The first-order valence-corrected chi connectivity index (χ1v) is 5.00. The van der Waals surface area contributed by atoms with Crippen molar-refractivity contribution in [1.29, 1.82) is 0 Å². The summed E-state index contributed by atoms with van der Waals surface area (Å²) in [7, 11) is 1.54. The van der Waals surface area contributed by atoms with Crippen molar-refractivity contribution in [2.24, 2.45) is 0 Å². The molecule has 0 saturated carbocycles. The number of anilines is 1. The second-order valence-corrected chi connectivity index (χ2v) is 3.58. The van der Waals surface area contributed by atoms with Gasteiger partial charge in [-0.1, -0.05) is 23.7 Å². The van der Waals surface area contributed by atoms with E-state index in [1.165, 1.54) is 13.4 Å². The molecule has 1 aromatic carbocycles. The van der Waals surface area contributed by atoms with Crippen LogP contribution in [-0.4, -0.2) is 17.1 Å². The van der Waals surface area contributed by atoms with Crippen LogP contribution in [0.25, 0.3) is 11.3 Å². The number of halogens is 1. The van der Waals surface area contributed by atoms with Crippen molar-refractivity contribution in [3.8, 4) is 17.0 Å². The average molecular weight is 236 g/mol. The first-order valence-electron chi connectivity index (χ1n) is 4.63. The van der Waals surface area contributed by atoms with E-state index < -0.39 is 0 Å². The molecule has 16 heavy (non-hydrogen) atoms. The molecule has 1 aromatic heterocycles. The Labute approximate surface area is 98.0 Å². The third-order valence-corrected chi connectivity index (χ3v) is 2.41. The summed E-state index contributed by atoms with van der Waals surface area (Å²) in [5, 5.41) is 0.671. The van der Waals surface area contributed by atoms with Crippen LogP contribution in [0.1, 0.15) is 0 Å². The van der Waals surface area contributed by atoms with Gasteiger partial charge in [-0.25, -0.2) is 9.97 Å². The van der Waals surface area contributed by atoms with Gasteiger partial charge in [-0.3, -0.25) is 0 Å². The number of ether oxygens (including phenoxy) is 1. The van der Waals surface area contributed by atoms with E-state index in [0.29, 0.717) is 22.3 Å². The Kier molecular flexibility index (Phi) is 2.92. The largest absolute Gasteiger partial charge is 0.491 e. The highest BCUT2D eigenvalue weighted by atomic mass is 35.5. The predicted octanol–water partition coefficient (Wildman–Crippen LogP) is 2.39. The van der Waals surface area contributed by atoms with Gasteiger partial charge in [0.05, 0.1) is 7.11 Å². The predicted molar refractivity (Wildman–Crippen MR) is 63.4 cm³/mol. The Morgan fingerprint density at radius 3 is 2.50 bits per heavy atom. The number of nitrogen functional groups attached to an aromatic ring is 1. The third-order valence-electron chi connectivity index (χ3n) is 2.15. The number of hydrogen-bond donors (Lipinski definition) is 1. The molecule has 82 valence electrons. The molecule has 0 aliphatic carbocycles. The van der Waals surface area contributed by atoms with Gasteiger partial charge in [0.15, 0.2) is 11.6 Å². The Balaban J connectivity index is 2.55. The monoisotopic (exact) mass is 235 g/mol. The van der Waals surface area contributed by atoms with Gasteiger partial charge in [-0.2, -0.15) is 0 Å². The Morgan fingerprint density at radius 2 is 1.88 bits per heavy atom. The van der Waals surface area contributed by atoms with Gasteiger partial charge < -0.3 is 10.5 Å². The fraction of sp³-hybridized carbons (Fsp3) is 0.0909. The lowest BCUT2D eigenvalue weighted by atomic mass is 10.1. The number of nitrogens with two attached hydrogens (primary N) is 1. The molecule has 2 rings (SSSR count). The van der Waals surface area contributed by atoms with Crippen LogP contribution in [-0.2, 0) is 0 Å². The molecule has 2 N–H and O–H groups in total. The number of aromatic nitrogens is 2. The van der Waals surface area contributed by atoms with Crippen LogP contribution in [0.4, 0.5) is 5.82 Å². The van der Waals surface area contributed by atoms with Gasteiger partial charge in [0, 0.05) is 10.6 Å². The van der Waals surface area contributed by atoms with E-state index in [4.69, 9.17) is 22.1 Å². The molecule has 2 aromatic rings. The molecule has 0 amide bonds. The molecular formula is C11H10ClN3O. The highest BCUT2D eigenvalue weighted by molar-refractivity contribution is 6.30. The molecule has 0 bridgehead atoms. The van der Waals surface area contributed by atoms with E-state index in [9.17, 15) is 0 Å². The van der Waals surface area contributed by atoms with E-state index in [1.54, 1.807) is 12.1 Å². The maximum absolute atomic E-state index is 5.82. The SMILES string of the molecule is COc1c(N)ncnc1-c1ccc(Cl)cc1. The summed E-state index contributed by atoms with van der Waals surface area (Å²) in [4.78, 5) is 8.02. The minimum absolute atomic E-state index is 0.322. The molecule has 0 aliphatic rings. The normalized spacial score (nSPS) is 10.1. The summed E-state index contributed by atoms with van der Waals surface area (Å²) < 4.78 is 5.18. The van der Waals surface area contributed by atoms with E-state index in [1.807, 2.05) is 12.1 Å². The molecule has 0 spiro atoms. The molecule has 0 saturated heterocycles. The summed E-state index contributed by atoms with van der Waals surface area (Å²) in [5.41, 5.74) is 7.24. The Bertz CT molecular complexity index is 499. The number of nitrogens with zero attached hydrogens (tertiary/aromatic N) is 2. The molecule has 5 heteroatoms. The molecule has 0 fully saturated rings. The highest BCUT2D eigenvalue weighted by Gasteiger charge is 2.11. The molecule has 4 nitrogen and oxygen atoms in total. The summed E-state index contributed by atoms with van der Waals surface area (Å²) in [5.74, 6) is 0.798. The summed E-state index contributed by atoms with van der Waals surface area (Å²) >= 11 is 5.82. The standard InChI is InChI=1S/C11H10ClN3O/c1-16-10-9(14-6-15-11(10)13)7-2-4-8(12)5-3-7/h2-6H,1H3,(H2,13,14,15). The van der Waals surface area contributed by atoms with Crippen molar-refractivity contribution in [2.75, 3.05) is 12.8 Å². The second-order valence-electron chi connectivity index (χ2n) is 3.15. The lowest BCUT2D eigenvalue weighted by molar-refractivity contribution is 0.415. The minimum Gasteiger partial charge on any atom is -0.491 e. The number of rotatable bonds is 2. The van der Waals surface area contributed by atoms with Crippen molar-refractivity contribution in [3.05, 3.63) is 35.6 Å². The second kappa shape index (κ2) is 4.37. The lowest BCUT2D eigenvalue weighted by Crippen LogP contribution is -1.99. The Hall–Kier alpha value is -1.81. The van der Waals surface area contributed by atoms with Crippen molar-refractivity contribution in [2.45, 2.75) is 0 Å². The molecule has 0 aliphatic heterocycles. The van der Waals surface area contributed by atoms with Gasteiger partial charge in [-0.15, -0.1) is 0 Å². The zero-order valence-electron chi connectivity index (χ0n) is 8.64. The summed E-state index contributed by atoms with van der Waals surface area (Å²) in [6.45, 7) is 0. The minimum atomic E-state index is 0.322. The van der Waals surface area contributed by atoms with Crippen LogP contribution in [0.2, 0.25) is 5.02 Å². The van der Waals surface area contributed by atoms with Crippen LogP contribution >= 0.6 is 11.6 Å². The molecule has 0 radical (unpaired) electrons. The Morgan fingerprint density at radius 1 is 1.19 bits per heavy atom. The van der Waals surface area contributed by atoms with Gasteiger partial charge in [0.1, 0.15) is 12.0 Å². The van der Waals surface area contributed by atoms with Gasteiger partial charge >= 0.3 is 0 Å². The fourth-order valence-corrected chi connectivity index (χ4v) is 1.53. The average Bonchev–Trinajstić information content (AvgIpc) is 2.30. The first kappa shape index (κ1) is 10.7. The molecule has 1 heterocycles. The van der Waals surface area contributed by atoms with Gasteiger partial charge in [0.25, 0.3) is 0 Å². The maximum atomic E-state index is 5.82. The van der Waals surface area contributed by atoms with E-state index in [-0.39, 0.29) is 0 Å². The molecule has 0 atom stereocenters. The van der Waals surface area contributed by atoms with E-state index >= 15 is 0 Å². The first-order chi connectivity index (χ1) is 7.72. The summed E-state index contributed by atoms with van der Waals surface area (Å²) in [6, 6.07) is 7.28. The quantitative estimate of drug-likeness (QED) is 0.868. The lowest BCUT2D eigenvalue weighted by Gasteiger charge is -2.08. The van der Waals surface area contributed by atoms with Crippen LogP contribution in [0.15, 0.2) is 30.6 Å².